The van der Waals surface area contributed by atoms with Crippen molar-refractivity contribution in [1.82, 2.24) is 24.8 Å². The van der Waals surface area contributed by atoms with Gasteiger partial charge in [-0.15, -0.1) is 6.42 Å². The van der Waals surface area contributed by atoms with Crippen molar-refractivity contribution < 1.29 is 37.3 Å². The number of hydrogen-bond donors (Lipinski definition) is 3. The predicted octanol–water partition coefficient (Wildman–Crippen LogP) is 5.65. The lowest BCUT2D eigenvalue weighted by molar-refractivity contribution is -0.114. The van der Waals surface area contributed by atoms with E-state index in [1.54, 1.807) is 29.2 Å². The zero-order valence-electron chi connectivity index (χ0n) is 32.0. The maximum absolute atomic E-state index is 17.1. The van der Waals surface area contributed by atoms with Crippen LogP contribution in [0.5, 0.6) is 11.8 Å². The number of nitrogens with two attached hydrogens (primary N) is 1. The van der Waals surface area contributed by atoms with Crippen LogP contribution in [0.15, 0.2) is 54.7 Å². The fourth-order valence-corrected chi connectivity index (χ4v) is 9.41. The Kier molecular flexibility index (Phi) is 9.88. The summed E-state index contributed by atoms with van der Waals surface area (Å²) in [5, 5.41) is 14.2. The summed E-state index contributed by atoms with van der Waals surface area (Å²) in [4.78, 5) is 44.9. The van der Waals surface area contributed by atoms with E-state index in [2.05, 4.69) is 26.1 Å². The molecule has 0 aliphatic carbocycles. The fraction of sp³-hybridized carbons (Fsp3) is 0.372. The van der Waals surface area contributed by atoms with Crippen molar-refractivity contribution >= 4 is 45.2 Å². The van der Waals surface area contributed by atoms with Crippen molar-refractivity contribution in [2.24, 2.45) is 5.73 Å². The predicted molar refractivity (Wildman–Crippen MR) is 214 cm³/mol. The molecule has 4 N–H and O–H groups in total. The van der Waals surface area contributed by atoms with Gasteiger partial charge in [0.2, 0.25) is 5.91 Å². The van der Waals surface area contributed by atoms with Gasteiger partial charge in [0.1, 0.15) is 48.0 Å². The van der Waals surface area contributed by atoms with Gasteiger partial charge in [0.05, 0.1) is 35.1 Å². The Hall–Kier alpha value is -6.18. The number of nitrogens with one attached hydrogen (secondary N) is 1. The number of carbonyl (C=O) groups excluding carboxylic acids is 2. The second-order valence-corrected chi connectivity index (χ2v) is 15.7. The maximum Gasteiger partial charge on any atom is 0.410 e. The lowest BCUT2D eigenvalue weighted by atomic mass is 9.95. The van der Waals surface area contributed by atoms with Crippen molar-refractivity contribution in [1.29, 1.82) is 0 Å². The fourth-order valence-electron chi connectivity index (χ4n) is 9.41. The van der Waals surface area contributed by atoms with Gasteiger partial charge in [-0.25, -0.2) is 18.0 Å². The number of rotatable bonds is 9. The molecule has 3 aromatic carbocycles. The number of fused-ring (bicyclic) bond motifs is 5. The molecule has 6 heterocycles. The molecule has 2 aromatic heterocycles. The summed E-state index contributed by atoms with van der Waals surface area (Å²) in [7, 11) is 0. The van der Waals surface area contributed by atoms with Crippen molar-refractivity contribution in [2.45, 2.75) is 62.5 Å². The quantitative estimate of drug-likeness (QED) is 0.158. The van der Waals surface area contributed by atoms with Crippen LogP contribution >= 0.6 is 0 Å². The molecule has 2 bridgehead atoms. The smallest absolute Gasteiger partial charge is 0.410 e. The lowest BCUT2D eigenvalue weighted by Gasteiger charge is -2.41. The number of ether oxygens (including phenoxy) is 2. The summed E-state index contributed by atoms with van der Waals surface area (Å²) in [6, 6.07) is 11.7. The molecule has 5 aromatic rings. The number of halogens is 3. The van der Waals surface area contributed by atoms with E-state index in [1.807, 2.05) is 4.90 Å². The second kappa shape index (κ2) is 15.2. The molecule has 4 aliphatic heterocycles. The minimum Gasteiger partial charge on any atom is -0.508 e. The second-order valence-electron chi connectivity index (χ2n) is 15.7. The largest absolute Gasteiger partial charge is 0.508 e. The van der Waals surface area contributed by atoms with Crippen LogP contribution in [0.3, 0.4) is 0 Å². The molecular weight excluding hydrogens is 766 g/mol. The number of pyridine rings is 1. The summed E-state index contributed by atoms with van der Waals surface area (Å²) in [5.41, 5.74) is 5.81. The number of phenolic OH excluding ortho intramolecular Hbond substituents is 1. The number of alkyl halides is 1. The number of hydrogen-bond acceptors (Lipinski definition) is 11. The Morgan fingerprint density at radius 3 is 2.59 bits per heavy atom. The van der Waals surface area contributed by atoms with Crippen molar-refractivity contribution in [3.05, 3.63) is 77.5 Å². The molecule has 4 saturated heterocycles. The highest BCUT2D eigenvalue weighted by Gasteiger charge is 2.50. The average Bonchev–Trinajstić information content (AvgIpc) is 3.85. The van der Waals surface area contributed by atoms with E-state index in [0.29, 0.717) is 55.8 Å². The van der Waals surface area contributed by atoms with Crippen LogP contribution in [0.2, 0.25) is 0 Å². The van der Waals surface area contributed by atoms with Crippen molar-refractivity contribution in [2.75, 3.05) is 49.5 Å². The van der Waals surface area contributed by atoms with Crippen LogP contribution in [0.1, 0.15) is 43.2 Å². The van der Waals surface area contributed by atoms with E-state index in [1.165, 1.54) is 30.5 Å². The van der Waals surface area contributed by atoms with Gasteiger partial charge in [0, 0.05) is 48.9 Å². The Labute approximate surface area is 337 Å². The van der Waals surface area contributed by atoms with Gasteiger partial charge >= 0.3 is 12.1 Å². The first kappa shape index (κ1) is 38.3. The third-order valence-electron chi connectivity index (χ3n) is 12.1. The highest BCUT2D eigenvalue weighted by molar-refractivity contribution is 6.03. The van der Waals surface area contributed by atoms with Crippen molar-refractivity contribution in [3.8, 4) is 35.4 Å². The van der Waals surface area contributed by atoms with Crippen LogP contribution in [0, 0.1) is 24.0 Å². The SMILES string of the molecule is C#Cc1c(F)ccc2cc(O)cc(-c3ncc4c(N5CC6CCC(C5)N6C(=O)OCc5ccc(NC(=O)CN)cc5)nc(OC[C@@]56CCCN5C[C@H](F)C6)nc4c3F)c12. The standard InChI is InChI=1S/C43H41F3N8O5/c1-2-31-34(45)11-6-25-14-30(55)15-32(36(25)31)38-37(46)39-33(18-48-38)40(51-41(50-39)59-23-43-12-3-13-53(43)19-26(44)16-43)52-20-28-9-10-29(21-52)54(28)42(57)58-22-24-4-7-27(8-5-24)49-35(56)17-47/h1,4-8,11,14-15,18,26,28-29,55H,3,9-10,12-13,16-17,19-23,47H2,(H,49,56)/t26-,28?,29?,43+/m1/s1. The van der Waals surface area contributed by atoms with E-state index in [9.17, 15) is 23.5 Å². The van der Waals surface area contributed by atoms with Crippen LogP contribution < -0.4 is 20.7 Å². The minimum atomic E-state index is -0.984. The number of nitrogens with zero attached hydrogens (tertiary/aromatic N) is 6. The number of aromatic hydroxyl groups is 1. The number of amides is 2. The molecule has 304 valence electrons. The molecule has 4 atom stereocenters. The van der Waals surface area contributed by atoms with E-state index >= 15 is 4.39 Å². The number of phenols is 1. The number of carbonyl (C=O) groups is 2. The Morgan fingerprint density at radius 1 is 1.07 bits per heavy atom. The van der Waals surface area contributed by atoms with E-state index in [-0.39, 0.29) is 82.6 Å². The topological polar surface area (TPSA) is 159 Å². The normalized spacial score (nSPS) is 22.5. The summed E-state index contributed by atoms with van der Waals surface area (Å²) in [5.74, 6) is 0.650. The average molecular weight is 807 g/mol. The highest BCUT2D eigenvalue weighted by Crippen LogP contribution is 2.43. The summed E-state index contributed by atoms with van der Waals surface area (Å²) in [6.07, 6.45) is 9.08. The summed E-state index contributed by atoms with van der Waals surface area (Å²) in [6.45, 7) is 1.77. The molecule has 0 saturated carbocycles. The minimum absolute atomic E-state index is 0.0279. The third kappa shape index (κ3) is 6.97. The molecule has 16 heteroatoms. The number of aromatic nitrogens is 3. The number of piperazine rings is 1. The summed E-state index contributed by atoms with van der Waals surface area (Å²) < 4.78 is 58.8. The monoisotopic (exact) mass is 806 g/mol. The zero-order chi connectivity index (χ0) is 41.0. The summed E-state index contributed by atoms with van der Waals surface area (Å²) >= 11 is 0. The van der Waals surface area contributed by atoms with Gasteiger partial charge in [0.15, 0.2) is 5.82 Å². The third-order valence-corrected chi connectivity index (χ3v) is 12.1. The first-order valence-corrected chi connectivity index (χ1v) is 19.6. The molecular formula is C43H41F3N8O5. The van der Waals surface area contributed by atoms with Gasteiger partial charge in [-0.1, -0.05) is 24.1 Å². The molecule has 0 spiro atoms. The van der Waals surface area contributed by atoms with E-state index in [4.69, 9.17) is 26.6 Å². The van der Waals surface area contributed by atoms with Crippen LogP contribution in [0.4, 0.5) is 29.5 Å². The van der Waals surface area contributed by atoms with Crippen molar-refractivity contribution in [3.63, 3.8) is 0 Å². The molecule has 2 unspecified atom stereocenters. The van der Waals surface area contributed by atoms with Gasteiger partial charge < -0.3 is 30.5 Å². The first-order valence-electron chi connectivity index (χ1n) is 19.6. The molecule has 0 radical (unpaired) electrons. The molecule has 9 rings (SSSR count). The number of terminal acetylenes is 1. The van der Waals surface area contributed by atoms with Gasteiger partial charge in [-0.2, -0.15) is 9.97 Å². The number of benzene rings is 3. The maximum atomic E-state index is 17.1. The Morgan fingerprint density at radius 2 is 1.85 bits per heavy atom. The van der Waals surface area contributed by atoms with Gasteiger partial charge in [-0.05, 0) is 73.5 Å². The molecule has 13 nitrogen and oxygen atoms in total. The van der Waals surface area contributed by atoms with E-state index in [0.717, 1.165) is 24.9 Å². The number of anilines is 2. The molecule has 4 fully saturated rings. The van der Waals surface area contributed by atoms with Gasteiger partial charge in [0.25, 0.3) is 0 Å². The first-order chi connectivity index (χ1) is 28.5. The van der Waals surface area contributed by atoms with Gasteiger partial charge in [-0.3, -0.25) is 19.6 Å². The molecule has 59 heavy (non-hydrogen) atoms. The zero-order valence-corrected chi connectivity index (χ0v) is 32.0. The Bertz CT molecular complexity index is 2520. The lowest BCUT2D eigenvalue weighted by Crippen LogP contribution is -2.56. The van der Waals surface area contributed by atoms with Crippen LogP contribution in [0.25, 0.3) is 32.9 Å². The highest BCUT2D eigenvalue weighted by atomic mass is 19.1. The molecule has 4 aliphatic rings. The Balaban J connectivity index is 1.04. The van der Waals surface area contributed by atoms with E-state index < -0.39 is 29.4 Å². The van der Waals surface area contributed by atoms with Crippen LogP contribution in [-0.2, 0) is 16.1 Å². The molecule has 2 amide bonds. The van der Waals surface area contributed by atoms with Crippen LogP contribution in [-0.4, -0.2) is 105 Å².